The van der Waals surface area contributed by atoms with Gasteiger partial charge in [-0.1, -0.05) is 60.2 Å². The van der Waals surface area contributed by atoms with Crippen LogP contribution in [-0.4, -0.2) is 48.9 Å². The van der Waals surface area contributed by atoms with E-state index in [0.717, 1.165) is 59.7 Å². The van der Waals surface area contributed by atoms with Gasteiger partial charge in [0, 0.05) is 37.1 Å². The van der Waals surface area contributed by atoms with Crippen LogP contribution in [0, 0.1) is 6.92 Å². The van der Waals surface area contributed by atoms with Crippen molar-refractivity contribution in [3.8, 4) is 0 Å². The number of fused-ring (bicyclic) bond motifs is 1. The Kier molecular flexibility index (Phi) is 5.99. The maximum atomic E-state index is 13.2. The molecule has 33 heavy (non-hydrogen) atoms. The molecular formula is C28H29N3O2. The number of para-hydroxylation sites is 1. The summed E-state index contributed by atoms with van der Waals surface area (Å²) in [6.07, 6.45) is 0. The topological polar surface area (TPSA) is 48.7 Å². The third kappa shape index (κ3) is 4.42. The fourth-order valence-electron chi connectivity index (χ4n) is 4.52. The molecule has 1 unspecified atom stereocenters. The van der Waals surface area contributed by atoms with Crippen LogP contribution in [0.15, 0.2) is 83.3 Å². The molecule has 3 aromatic carbocycles. The Bertz CT molecular complexity index is 1240. The minimum absolute atomic E-state index is 0.0828. The van der Waals surface area contributed by atoms with E-state index in [1.54, 1.807) is 0 Å². The molecule has 1 saturated heterocycles. The van der Waals surface area contributed by atoms with Crippen LogP contribution in [0.2, 0.25) is 0 Å². The van der Waals surface area contributed by atoms with Crippen LogP contribution in [0.25, 0.3) is 11.0 Å². The molecule has 0 saturated carbocycles. The summed E-state index contributed by atoms with van der Waals surface area (Å²) in [4.78, 5) is 18.0. The zero-order valence-electron chi connectivity index (χ0n) is 19.1. The SMILES string of the molecule is Cc1ccc(C(=O)Nc2c(C(c3ccccc3)N3CCN(C)CC3)oc3ccccc23)cc1. The van der Waals surface area contributed by atoms with E-state index in [9.17, 15) is 4.79 Å². The number of rotatable bonds is 5. The van der Waals surface area contributed by atoms with Crippen LogP contribution in [0.1, 0.15) is 33.3 Å². The number of anilines is 1. The Hall–Kier alpha value is -3.41. The molecule has 1 atom stereocenters. The van der Waals surface area contributed by atoms with Crippen LogP contribution in [0.3, 0.4) is 0 Å². The van der Waals surface area contributed by atoms with Crippen molar-refractivity contribution < 1.29 is 9.21 Å². The van der Waals surface area contributed by atoms with Crippen molar-refractivity contribution in [3.05, 3.63) is 101 Å². The molecule has 0 aliphatic carbocycles. The van der Waals surface area contributed by atoms with Crippen molar-refractivity contribution in [3.63, 3.8) is 0 Å². The van der Waals surface area contributed by atoms with Gasteiger partial charge in [-0.15, -0.1) is 0 Å². The number of hydrogen-bond donors (Lipinski definition) is 1. The highest BCUT2D eigenvalue weighted by atomic mass is 16.3. The van der Waals surface area contributed by atoms with Crippen molar-refractivity contribution in [2.24, 2.45) is 0 Å². The second-order valence-corrected chi connectivity index (χ2v) is 8.81. The molecule has 1 aliphatic rings. The number of nitrogens with one attached hydrogen (secondary N) is 1. The van der Waals surface area contributed by atoms with Gasteiger partial charge in [0.25, 0.3) is 5.91 Å². The quantitative estimate of drug-likeness (QED) is 0.457. The van der Waals surface area contributed by atoms with Crippen molar-refractivity contribution in [2.45, 2.75) is 13.0 Å². The maximum Gasteiger partial charge on any atom is 0.255 e. The van der Waals surface area contributed by atoms with Gasteiger partial charge >= 0.3 is 0 Å². The summed E-state index contributed by atoms with van der Waals surface area (Å²) in [7, 11) is 2.16. The van der Waals surface area contributed by atoms with Gasteiger partial charge in [0.1, 0.15) is 11.3 Å². The molecule has 5 rings (SSSR count). The van der Waals surface area contributed by atoms with Gasteiger partial charge in [0.2, 0.25) is 0 Å². The van der Waals surface area contributed by atoms with Gasteiger partial charge in [-0.3, -0.25) is 9.69 Å². The number of hydrogen-bond acceptors (Lipinski definition) is 4. The molecule has 2 heterocycles. The van der Waals surface area contributed by atoms with Crippen LogP contribution in [0.5, 0.6) is 0 Å². The fraction of sp³-hybridized carbons (Fsp3) is 0.250. The number of carbonyl (C=O) groups excluding carboxylic acids is 1. The Morgan fingerprint density at radius 1 is 0.879 bits per heavy atom. The number of aryl methyl sites for hydroxylation is 1. The minimum Gasteiger partial charge on any atom is -0.457 e. The van der Waals surface area contributed by atoms with Gasteiger partial charge in [0.15, 0.2) is 0 Å². The summed E-state index contributed by atoms with van der Waals surface area (Å²) in [6, 6.07) is 25.9. The Morgan fingerprint density at radius 2 is 1.55 bits per heavy atom. The summed E-state index contributed by atoms with van der Waals surface area (Å²) in [5.41, 5.74) is 4.45. The first-order valence-corrected chi connectivity index (χ1v) is 11.5. The van der Waals surface area contributed by atoms with Crippen molar-refractivity contribution in [1.82, 2.24) is 9.80 Å². The number of likely N-dealkylation sites (N-methyl/N-ethyl adjacent to an activating group) is 1. The van der Waals surface area contributed by atoms with E-state index in [-0.39, 0.29) is 11.9 Å². The van der Waals surface area contributed by atoms with Gasteiger partial charge in [0.05, 0.1) is 11.7 Å². The predicted molar refractivity (Wildman–Crippen MR) is 133 cm³/mol. The number of furan rings is 1. The molecule has 0 radical (unpaired) electrons. The summed E-state index contributed by atoms with van der Waals surface area (Å²) < 4.78 is 6.48. The molecule has 168 valence electrons. The van der Waals surface area contributed by atoms with Gasteiger partial charge in [-0.05, 0) is 43.8 Å². The fourth-order valence-corrected chi connectivity index (χ4v) is 4.52. The normalized spacial score (nSPS) is 16.1. The molecule has 1 fully saturated rings. The molecule has 5 heteroatoms. The third-order valence-electron chi connectivity index (χ3n) is 6.44. The minimum atomic E-state index is -0.131. The first-order chi connectivity index (χ1) is 16.1. The van der Waals surface area contributed by atoms with Gasteiger partial charge < -0.3 is 14.6 Å². The van der Waals surface area contributed by atoms with Gasteiger partial charge in [-0.25, -0.2) is 0 Å². The first-order valence-electron chi connectivity index (χ1n) is 11.5. The third-order valence-corrected chi connectivity index (χ3v) is 6.44. The van der Waals surface area contributed by atoms with E-state index < -0.39 is 0 Å². The van der Waals surface area contributed by atoms with Crippen LogP contribution >= 0.6 is 0 Å². The predicted octanol–water partition coefficient (Wildman–Crippen LogP) is 5.33. The van der Waals surface area contributed by atoms with E-state index in [2.05, 4.69) is 46.4 Å². The lowest BCUT2D eigenvalue weighted by molar-refractivity contribution is 0.102. The molecule has 1 aliphatic heterocycles. The first kappa shape index (κ1) is 21.4. The molecule has 5 nitrogen and oxygen atoms in total. The highest BCUT2D eigenvalue weighted by molar-refractivity contribution is 6.09. The Balaban J connectivity index is 1.60. The van der Waals surface area contributed by atoms with Crippen molar-refractivity contribution >= 4 is 22.6 Å². The lowest BCUT2D eigenvalue weighted by Crippen LogP contribution is -2.46. The monoisotopic (exact) mass is 439 g/mol. The summed E-state index contributed by atoms with van der Waals surface area (Å²) in [5, 5.41) is 4.12. The molecule has 1 N–H and O–H groups in total. The Morgan fingerprint density at radius 3 is 2.27 bits per heavy atom. The van der Waals surface area contributed by atoms with E-state index >= 15 is 0 Å². The highest BCUT2D eigenvalue weighted by Gasteiger charge is 2.32. The van der Waals surface area contributed by atoms with Crippen LogP contribution in [0.4, 0.5) is 5.69 Å². The van der Waals surface area contributed by atoms with Crippen molar-refractivity contribution in [2.75, 3.05) is 38.5 Å². The largest absolute Gasteiger partial charge is 0.457 e. The number of nitrogens with zero attached hydrogens (tertiary/aromatic N) is 2. The molecular weight excluding hydrogens is 410 g/mol. The average Bonchev–Trinajstić information content (AvgIpc) is 3.19. The molecule has 1 aromatic heterocycles. The molecule has 1 amide bonds. The summed E-state index contributed by atoms with van der Waals surface area (Å²) in [5.74, 6) is 0.653. The zero-order chi connectivity index (χ0) is 22.8. The molecule has 0 spiro atoms. The van der Waals surface area contributed by atoms with Crippen molar-refractivity contribution in [1.29, 1.82) is 0 Å². The van der Waals surface area contributed by atoms with Crippen LogP contribution < -0.4 is 5.32 Å². The van der Waals surface area contributed by atoms with E-state index in [1.807, 2.05) is 61.5 Å². The lowest BCUT2D eigenvalue weighted by Gasteiger charge is -2.37. The lowest BCUT2D eigenvalue weighted by atomic mass is 10.00. The second-order valence-electron chi connectivity index (χ2n) is 8.81. The maximum absolute atomic E-state index is 13.2. The summed E-state index contributed by atoms with van der Waals surface area (Å²) in [6.45, 7) is 5.87. The highest BCUT2D eigenvalue weighted by Crippen LogP contribution is 2.40. The molecule has 0 bridgehead atoms. The number of amides is 1. The van der Waals surface area contributed by atoms with Crippen LogP contribution in [-0.2, 0) is 0 Å². The zero-order valence-corrected chi connectivity index (χ0v) is 19.1. The average molecular weight is 440 g/mol. The van der Waals surface area contributed by atoms with E-state index in [0.29, 0.717) is 5.56 Å². The Labute approximate surface area is 194 Å². The second kappa shape index (κ2) is 9.22. The van der Waals surface area contributed by atoms with E-state index in [4.69, 9.17) is 4.42 Å². The number of piperazine rings is 1. The van der Waals surface area contributed by atoms with E-state index in [1.165, 1.54) is 0 Å². The smallest absolute Gasteiger partial charge is 0.255 e. The van der Waals surface area contributed by atoms with Gasteiger partial charge in [-0.2, -0.15) is 0 Å². The number of benzene rings is 3. The molecule has 4 aromatic rings. The summed E-state index contributed by atoms with van der Waals surface area (Å²) >= 11 is 0. The number of carbonyl (C=O) groups is 1. The standard InChI is InChI=1S/C28H29N3O2/c1-20-12-14-22(15-13-20)28(32)29-25-23-10-6-7-11-24(23)33-27(25)26(21-8-4-3-5-9-21)31-18-16-30(2)17-19-31/h3-15,26H,16-19H2,1-2H3,(H,29,32).